The van der Waals surface area contributed by atoms with Crippen LogP contribution in [0, 0.1) is 13.8 Å². The molecule has 0 spiro atoms. The topological polar surface area (TPSA) is 89.1 Å². The quantitative estimate of drug-likeness (QED) is 0.592. The number of carbonyl (C=O) groups is 2. The second-order valence-corrected chi connectivity index (χ2v) is 3.68. The molecule has 0 radical (unpaired) electrons. The number of Topliss-reactive ketones (excluding diaryl/α,β-unsaturated/α-hetero) is 1. The van der Waals surface area contributed by atoms with Crippen LogP contribution in [0.2, 0.25) is 0 Å². The van der Waals surface area contributed by atoms with Crippen LogP contribution in [-0.4, -0.2) is 28.8 Å². The van der Waals surface area contributed by atoms with Crippen molar-refractivity contribution in [2.45, 2.75) is 26.7 Å². The zero-order valence-corrected chi connectivity index (χ0v) is 9.99. The maximum absolute atomic E-state index is 11.6. The zero-order chi connectivity index (χ0) is 13.0. The smallest absolute Gasteiger partial charge is 0.313 e. The lowest BCUT2D eigenvalue weighted by Crippen LogP contribution is -2.22. The number of carbonyl (C=O) groups excluding carboxylic acids is 2. The second kappa shape index (κ2) is 5.38. The van der Waals surface area contributed by atoms with Gasteiger partial charge in [0, 0.05) is 17.7 Å². The van der Waals surface area contributed by atoms with Crippen molar-refractivity contribution in [2.75, 3.05) is 7.11 Å². The number of aryl methyl sites for hydroxylation is 2. The molecule has 1 aromatic rings. The van der Waals surface area contributed by atoms with Gasteiger partial charge in [0.15, 0.2) is 0 Å². The number of ketones is 1. The number of hydrogen-bond acceptors (Lipinski definition) is 5. The van der Waals surface area contributed by atoms with Gasteiger partial charge in [0.1, 0.15) is 18.0 Å². The van der Waals surface area contributed by atoms with Crippen LogP contribution in [0.25, 0.3) is 0 Å². The summed E-state index contributed by atoms with van der Waals surface area (Å²) in [5.74, 6) is -0.475. The number of esters is 1. The molecule has 0 fully saturated rings. The Kier molecular flexibility index (Phi) is 4.14. The standard InChI is InChI=1S/C11H14N2O4/c1-6-9(11(16)13-7(2)12-6)4-8(14)5-10(15)17-3/h4-5H2,1-3H3,(H,12,13,16). The molecule has 0 aliphatic heterocycles. The van der Waals surface area contributed by atoms with Gasteiger partial charge in [-0.3, -0.25) is 14.4 Å². The highest BCUT2D eigenvalue weighted by molar-refractivity contribution is 5.96. The van der Waals surface area contributed by atoms with Crippen molar-refractivity contribution in [1.29, 1.82) is 0 Å². The molecule has 0 aliphatic carbocycles. The first kappa shape index (κ1) is 13.1. The van der Waals surface area contributed by atoms with Gasteiger partial charge in [-0.2, -0.15) is 0 Å². The van der Waals surface area contributed by atoms with Gasteiger partial charge < -0.3 is 9.72 Å². The van der Waals surface area contributed by atoms with Crippen LogP contribution in [0.3, 0.4) is 0 Å². The number of nitrogens with zero attached hydrogens (tertiary/aromatic N) is 1. The van der Waals surface area contributed by atoms with E-state index in [1.807, 2.05) is 0 Å². The number of ether oxygens (including phenoxy) is 1. The Morgan fingerprint density at radius 2 is 2.00 bits per heavy atom. The molecule has 1 N–H and O–H groups in total. The van der Waals surface area contributed by atoms with E-state index in [1.165, 1.54) is 7.11 Å². The molecule has 92 valence electrons. The normalized spacial score (nSPS) is 10.1. The van der Waals surface area contributed by atoms with Gasteiger partial charge in [-0.25, -0.2) is 4.98 Å². The van der Waals surface area contributed by atoms with E-state index in [0.717, 1.165) is 0 Å². The lowest BCUT2D eigenvalue weighted by Gasteiger charge is -2.04. The first-order valence-corrected chi connectivity index (χ1v) is 5.09. The Labute approximate surface area is 98.0 Å². The molecule has 0 saturated heterocycles. The average molecular weight is 238 g/mol. The van der Waals surface area contributed by atoms with E-state index in [9.17, 15) is 14.4 Å². The van der Waals surface area contributed by atoms with Crippen molar-refractivity contribution >= 4 is 11.8 Å². The lowest BCUT2D eigenvalue weighted by molar-refractivity contribution is -0.143. The monoisotopic (exact) mass is 238 g/mol. The number of aromatic amines is 1. The molecule has 0 amide bonds. The summed E-state index contributed by atoms with van der Waals surface area (Å²) in [6.07, 6.45) is -0.438. The van der Waals surface area contributed by atoms with Gasteiger partial charge in [-0.05, 0) is 13.8 Å². The van der Waals surface area contributed by atoms with Crippen molar-refractivity contribution in [3.63, 3.8) is 0 Å². The number of H-pyrrole nitrogens is 1. The summed E-state index contributed by atoms with van der Waals surface area (Å²) in [4.78, 5) is 40.5. The Morgan fingerprint density at radius 1 is 1.35 bits per heavy atom. The van der Waals surface area contributed by atoms with Crippen molar-refractivity contribution in [3.8, 4) is 0 Å². The maximum Gasteiger partial charge on any atom is 0.313 e. The van der Waals surface area contributed by atoms with Crippen LogP contribution in [0.5, 0.6) is 0 Å². The van der Waals surface area contributed by atoms with E-state index in [0.29, 0.717) is 17.1 Å². The van der Waals surface area contributed by atoms with Crippen molar-refractivity contribution in [2.24, 2.45) is 0 Å². The predicted octanol–water partition coefficient (Wildman–Crippen LogP) is 0.0614. The SMILES string of the molecule is COC(=O)CC(=O)Cc1c(C)nc(C)[nH]c1=O. The van der Waals surface area contributed by atoms with Gasteiger partial charge >= 0.3 is 5.97 Å². The van der Waals surface area contributed by atoms with Gasteiger partial charge in [0.25, 0.3) is 5.56 Å². The fourth-order valence-electron chi connectivity index (χ4n) is 1.45. The molecule has 0 unspecified atom stereocenters. The van der Waals surface area contributed by atoms with Crippen LogP contribution in [0.15, 0.2) is 4.79 Å². The van der Waals surface area contributed by atoms with Crippen LogP contribution in [-0.2, 0) is 20.7 Å². The number of methoxy groups -OCH3 is 1. The average Bonchev–Trinajstić information content (AvgIpc) is 2.23. The van der Waals surface area contributed by atoms with Crippen LogP contribution >= 0.6 is 0 Å². The van der Waals surface area contributed by atoms with Crippen molar-refractivity contribution in [3.05, 3.63) is 27.4 Å². The van der Waals surface area contributed by atoms with Crippen LogP contribution < -0.4 is 5.56 Å². The van der Waals surface area contributed by atoms with Gasteiger partial charge in [0.2, 0.25) is 0 Å². The fourth-order valence-corrected chi connectivity index (χ4v) is 1.45. The highest BCUT2D eigenvalue weighted by Crippen LogP contribution is 2.02. The lowest BCUT2D eigenvalue weighted by atomic mass is 10.1. The highest BCUT2D eigenvalue weighted by atomic mass is 16.5. The van der Waals surface area contributed by atoms with E-state index in [2.05, 4.69) is 14.7 Å². The molecular formula is C11H14N2O4. The first-order chi connectivity index (χ1) is 7.93. The van der Waals surface area contributed by atoms with E-state index in [-0.39, 0.29) is 24.2 Å². The second-order valence-electron chi connectivity index (χ2n) is 3.68. The maximum atomic E-state index is 11.6. The Bertz CT molecular complexity index is 505. The molecule has 0 aromatic carbocycles. The summed E-state index contributed by atoms with van der Waals surface area (Å²) in [5, 5.41) is 0. The van der Waals surface area contributed by atoms with Crippen molar-refractivity contribution in [1.82, 2.24) is 9.97 Å². The summed E-state index contributed by atoms with van der Waals surface area (Å²) >= 11 is 0. The molecule has 17 heavy (non-hydrogen) atoms. The molecule has 0 atom stereocenters. The number of rotatable bonds is 4. The predicted molar refractivity (Wildman–Crippen MR) is 59.7 cm³/mol. The largest absolute Gasteiger partial charge is 0.469 e. The van der Waals surface area contributed by atoms with E-state index >= 15 is 0 Å². The Balaban J connectivity index is 2.86. The molecule has 0 aliphatic rings. The first-order valence-electron chi connectivity index (χ1n) is 5.09. The Hall–Kier alpha value is -1.98. The summed E-state index contributed by atoms with van der Waals surface area (Å²) in [6, 6.07) is 0. The summed E-state index contributed by atoms with van der Waals surface area (Å²) in [5.41, 5.74) is 0.460. The van der Waals surface area contributed by atoms with Crippen molar-refractivity contribution < 1.29 is 14.3 Å². The van der Waals surface area contributed by atoms with Gasteiger partial charge in [-0.15, -0.1) is 0 Å². The third-order valence-corrected chi connectivity index (χ3v) is 2.28. The van der Waals surface area contributed by atoms with E-state index < -0.39 is 5.97 Å². The number of aromatic nitrogens is 2. The molecule has 0 saturated carbocycles. The number of hydrogen-bond donors (Lipinski definition) is 1. The molecule has 1 rings (SSSR count). The summed E-state index contributed by atoms with van der Waals surface area (Å²) in [6.45, 7) is 3.32. The summed E-state index contributed by atoms with van der Waals surface area (Å²) < 4.78 is 4.38. The number of nitrogens with one attached hydrogen (secondary N) is 1. The molecule has 0 bridgehead atoms. The Morgan fingerprint density at radius 3 is 2.53 bits per heavy atom. The minimum atomic E-state index is -0.607. The minimum absolute atomic E-state index is 0.108. The van der Waals surface area contributed by atoms with Crippen LogP contribution in [0.1, 0.15) is 23.5 Å². The van der Waals surface area contributed by atoms with Gasteiger partial charge in [0.05, 0.1) is 7.11 Å². The third-order valence-electron chi connectivity index (χ3n) is 2.28. The van der Waals surface area contributed by atoms with Crippen LogP contribution in [0.4, 0.5) is 0 Å². The minimum Gasteiger partial charge on any atom is -0.469 e. The molecule has 1 aromatic heterocycles. The molecule has 1 heterocycles. The van der Waals surface area contributed by atoms with Gasteiger partial charge in [-0.1, -0.05) is 0 Å². The summed E-state index contributed by atoms with van der Waals surface area (Å²) in [7, 11) is 1.21. The van der Waals surface area contributed by atoms with E-state index in [1.54, 1.807) is 13.8 Å². The molecule has 6 nitrogen and oxygen atoms in total. The zero-order valence-electron chi connectivity index (χ0n) is 9.99. The molecular weight excluding hydrogens is 224 g/mol. The highest BCUT2D eigenvalue weighted by Gasteiger charge is 2.14. The third kappa shape index (κ3) is 3.51. The fraction of sp³-hybridized carbons (Fsp3) is 0.455. The molecule has 6 heteroatoms. The van der Waals surface area contributed by atoms with E-state index in [4.69, 9.17) is 0 Å².